The molecule has 1 aromatic heterocycles. The highest BCUT2D eigenvalue weighted by Crippen LogP contribution is 2.25. The zero-order chi connectivity index (χ0) is 15.5. The van der Waals surface area contributed by atoms with Crippen molar-refractivity contribution in [1.29, 1.82) is 5.26 Å². The van der Waals surface area contributed by atoms with Gasteiger partial charge in [-0.25, -0.2) is 4.79 Å². The Hall–Kier alpha value is -1.68. The number of hydrogen-bond acceptors (Lipinski definition) is 5. The quantitative estimate of drug-likeness (QED) is 0.620. The molecule has 6 nitrogen and oxygen atoms in total. The minimum absolute atomic E-state index is 0.248. The Labute approximate surface area is 129 Å². The van der Waals surface area contributed by atoms with Gasteiger partial charge in [-0.15, -0.1) is 0 Å². The molecule has 1 saturated heterocycles. The van der Waals surface area contributed by atoms with Crippen molar-refractivity contribution in [2.24, 2.45) is 0 Å². The van der Waals surface area contributed by atoms with Crippen LogP contribution in [0.3, 0.4) is 0 Å². The maximum absolute atomic E-state index is 12.0. The van der Waals surface area contributed by atoms with Crippen LogP contribution in [0.5, 0.6) is 0 Å². The normalized spacial score (nSPS) is 16.6. The fraction of sp³-hybridized carbons (Fsp3) is 0.643. The summed E-state index contributed by atoms with van der Waals surface area (Å²) in [6.45, 7) is 6.95. The first-order valence-corrected chi connectivity index (χ1v) is 7.79. The number of thiocyanates is 1. The summed E-state index contributed by atoms with van der Waals surface area (Å²) in [5, 5.41) is 15.0. The van der Waals surface area contributed by atoms with Crippen molar-refractivity contribution in [3.63, 3.8) is 0 Å². The Bertz CT molecular complexity index is 536. The average Bonchev–Trinajstić information content (AvgIpc) is 2.86. The highest BCUT2D eigenvalue weighted by atomic mass is 32.2. The summed E-state index contributed by atoms with van der Waals surface area (Å²) in [5.74, 6) is 0. The van der Waals surface area contributed by atoms with Gasteiger partial charge in [-0.05, 0) is 45.4 Å². The van der Waals surface area contributed by atoms with Crippen LogP contribution in [0.2, 0.25) is 0 Å². The molecular weight excluding hydrogens is 288 g/mol. The molecule has 1 amide bonds. The summed E-state index contributed by atoms with van der Waals surface area (Å²) in [7, 11) is 0. The van der Waals surface area contributed by atoms with E-state index in [1.807, 2.05) is 37.1 Å². The minimum atomic E-state index is -0.459. The second-order valence-electron chi connectivity index (χ2n) is 6.05. The molecule has 1 aliphatic rings. The summed E-state index contributed by atoms with van der Waals surface area (Å²) < 4.78 is 7.27. The van der Waals surface area contributed by atoms with Gasteiger partial charge in [0.25, 0.3) is 0 Å². The highest BCUT2D eigenvalue weighted by molar-refractivity contribution is 8.03. The van der Waals surface area contributed by atoms with E-state index in [0.29, 0.717) is 13.1 Å². The van der Waals surface area contributed by atoms with Gasteiger partial charge in [0.1, 0.15) is 11.0 Å². The zero-order valence-electron chi connectivity index (χ0n) is 12.6. The van der Waals surface area contributed by atoms with E-state index in [4.69, 9.17) is 10.00 Å². The topological polar surface area (TPSA) is 71.2 Å². The Morgan fingerprint density at radius 1 is 1.48 bits per heavy atom. The predicted molar refractivity (Wildman–Crippen MR) is 79.8 cm³/mol. The van der Waals surface area contributed by atoms with Crippen LogP contribution < -0.4 is 0 Å². The number of nitrogens with zero attached hydrogens (tertiary/aromatic N) is 4. The third kappa shape index (κ3) is 4.39. The summed E-state index contributed by atoms with van der Waals surface area (Å²) in [6.07, 6.45) is 5.03. The van der Waals surface area contributed by atoms with Crippen molar-refractivity contribution < 1.29 is 9.53 Å². The van der Waals surface area contributed by atoms with Crippen molar-refractivity contribution in [2.75, 3.05) is 13.1 Å². The first-order valence-electron chi connectivity index (χ1n) is 6.97. The first-order chi connectivity index (χ1) is 9.89. The molecule has 0 bridgehead atoms. The van der Waals surface area contributed by atoms with Crippen molar-refractivity contribution in [3.8, 4) is 5.40 Å². The molecule has 0 N–H and O–H groups in total. The number of likely N-dealkylation sites (tertiary alicyclic amines) is 1. The van der Waals surface area contributed by atoms with Gasteiger partial charge in [-0.2, -0.15) is 10.4 Å². The van der Waals surface area contributed by atoms with Gasteiger partial charge in [-0.1, -0.05) is 0 Å². The lowest BCUT2D eigenvalue weighted by molar-refractivity contribution is 0.0184. The molecule has 1 aromatic rings. The molecule has 0 unspecified atom stereocenters. The second kappa shape index (κ2) is 6.39. The maximum Gasteiger partial charge on any atom is 0.410 e. The Morgan fingerprint density at radius 2 is 2.14 bits per heavy atom. The van der Waals surface area contributed by atoms with E-state index < -0.39 is 5.60 Å². The Morgan fingerprint density at radius 3 is 2.71 bits per heavy atom. The number of piperidine rings is 1. The predicted octanol–water partition coefficient (Wildman–Crippen LogP) is 3.03. The van der Waals surface area contributed by atoms with Gasteiger partial charge in [0.15, 0.2) is 0 Å². The lowest BCUT2D eigenvalue weighted by Crippen LogP contribution is -2.42. The number of hydrogen-bond donors (Lipinski definition) is 0. The number of nitriles is 1. The van der Waals surface area contributed by atoms with Crippen molar-refractivity contribution >= 4 is 17.9 Å². The van der Waals surface area contributed by atoms with E-state index in [9.17, 15) is 4.79 Å². The van der Waals surface area contributed by atoms with Crippen LogP contribution in [0.15, 0.2) is 17.3 Å². The molecular formula is C14H20N4O2S. The highest BCUT2D eigenvalue weighted by Gasteiger charge is 2.27. The Kier molecular flexibility index (Phi) is 4.78. The molecule has 2 heterocycles. The molecule has 7 heteroatoms. The third-order valence-electron chi connectivity index (χ3n) is 3.23. The van der Waals surface area contributed by atoms with Crippen LogP contribution in [0.25, 0.3) is 0 Å². The average molecular weight is 308 g/mol. The largest absolute Gasteiger partial charge is 0.444 e. The molecule has 0 atom stereocenters. The van der Waals surface area contributed by atoms with Gasteiger partial charge >= 0.3 is 6.09 Å². The van der Waals surface area contributed by atoms with Crippen LogP contribution in [0.4, 0.5) is 4.79 Å². The molecule has 21 heavy (non-hydrogen) atoms. The number of thioether (sulfide) groups is 1. The van der Waals surface area contributed by atoms with E-state index in [1.165, 1.54) is 0 Å². The van der Waals surface area contributed by atoms with E-state index in [2.05, 4.69) is 5.10 Å². The maximum atomic E-state index is 12.0. The number of rotatable bonds is 2. The van der Waals surface area contributed by atoms with Crippen LogP contribution in [-0.2, 0) is 4.74 Å². The van der Waals surface area contributed by atoms with Crippen molar-refractivity contribution in [2.45, 2.75) is 50.2 Å². The lowest BCUT2D eigenvalue weighted by atomic mass is 10.1. The van der Waals surface area contributed by atoms with Crippen LogP contribution in [-0.4, -0.2) is 39.5 Å². The molecule has 0 radical (unpaired) electrons. The molecule has 1 fully saturated rings. The molecule has 0 spiro atoms. The minimum Gasteiger partial charge on any atom is -0.444 e. The van der Waals surface area contributed by atoms with Crippen LogP contribution >= 0.6 is 11.8 Å². The molecule has 2 rings (SSSR count). The van der Waals surface area contributed by atoms with E-state index in [-0.39, 0.29) is 12.1 Å². The third-order valence-corrected chi connectivity index (χ3v) is 3.77. The fourth-order valence-corrected chi connectivity index (χ4v) is 2.63. The first kappa shape index (κ1) is 15.7. The van der Waals surface area contributed by atoms with E-state index >= 15 is 0 Å². The SMILES string of the molecule is CC(C)(C)OC(=O)N1CCC(n2cc(SC#N)cn2)CC1. The summed E-state index contributed by atoms with van der Waals surface area (Å²) in [6, 6.07) is 0.275. The lowest BCUT2D eigenvalue weighted by Gasteiger charge is -2.33. The number of carbonyl (C=O) groups is 1. The smallest absolute Gasteiger partial charge is 0.410 e. The summed E-state index contributed by atoms with van der Waals surface area (Å²) >= 11 is 1.11. The van der Waals surface area contributed by atoms with Crippen molar-refractivity contribution in [1.82, 2.24) is 14.7 Å². The van der Waals surface area contributed by atoms with Crippen LogP contribution in [0, 0.1) is 10.7 Å². The monoisotopic (exact) mass is 308 g/mol. The van der Waals surface area contributed by atoms with Gasteiger partial charge in [0.2, 0.25) is 0 Å². The molecule has 0 aromatic carbocycles. The summed E-state index contributed by atoms with van der Waals surface area (Å²) in [5.41, 5.74) is -0.459. The number of ether oxygens (including phenoxy) is 1. The summed E-state index contributed by atoms with van der Waals surface area (Å²) in [4.78, 5) is 14.6. The molecule has 114 valence electrons. The Balaban J connectivity index is 1.88. The van der Waals surface area contributed by atoms with E-state index in [0.717, 1.165) is 29.5 Å². The number of aromatic nitrogens is 2. The molecule has 0 aliphatic carbocycles. The van der Waals surface area contributed by atoms with Crippen molar-refractivity contribution in [3.05, 3.63) is 12.4 Å². The van der Waals surface area contributed by atoms with Gasteiger partial charge in [0.05, 0.1) is 17.1 Å². The van der Waals surface area contributed by atoms with Gasteiger partial charge in [0, 0.05) is 19.3 Å². The number of amides is 1. The second-order valence-corrected chi connectivity index (χ2v) is 6.91. The standard InChI is InChI=1S/C14H20N4O2S/c1-14(2,3)20-13(19)17-6-4-11(5-7-17)18-9-12(8-16-18)21-10-15/h8-9,11H,4-7H2,1-3H3. The van der Waals surface area contributed by atoms with Gasteiger partial charge in [-0.3, -0.25) is 4.68 Å². The van der Waals surface area contributed by atoms with E-state index in [1.54, 1.807) is 11.1 Å². The zero-order valence-corrected chi connectivity index (χ0v) is 13.4. The fourth-order valence-electron chi connectivity index (χ4n) is 2.27. The molecule has 0 saturated carbocycles. The van der Waals surface area contributed by atoms with Gasteiger partial charge < -0.3 is 9.64 Å². The number of carbonyl (C=O) groups excluding carboxylic acids is 1. The molecule has 1 aliphatic heterocycles. The van der Waals surface area contributed by atoms with Crippen LogP contribution in [0.1, 0.15) is 39.7 Å².